The highest BCUT2D eigenvalue weighted by atomic mass is 32.1. The van der Waals surface area contributed by atoms with E-state index < -0.39 is 0 Å². The standard InChI is InChI=1S/C22H40S/c1-7-22(16-14-20(5)12-11-18(2)3)15-13-19(4)9-8-10-21(6)17-23/h7,18,21-23H,1,4-5,8-17H2,2-3,6H3. The van der Waals surface area contributed by atoms with E-state index in [2.05, 4.69) is 59.2 Å². The van der Waals surface area contributed by atoms with E-state index in [1.165, 1.54) is 56.1 Å². The molecular weight excluding hydrogens is 296 g/mol. The van der Waals surface area contributed by atoms with Gasteiger partial charge in [0.15, 0.2) is 0 Å². The SMILES string of the molecule is C=CC(CCC(=C)CCCC(C)CS)CCC(=C)CCC(C)C. The lowest BCUT2D eigenvalue weighted by molar-refractivity contribution is 0.514. The summed E-state index contributed by atoms with van der Waals surface area (Å²) in [5.74, 6) is 3.10. The second kappa shape index (κ2) is 14.0. The average molecular weight is 337 g/mol. The summed E-state index contributed by atoms with van der Waals surface area (Å²) in [5, 5.41) is 0. The van der Waals surface area contributed by atoms with Crippen LogP contribution in [0.5, 0.6) is 0 Å². The summed E-state index contributed by atoms with van der Waals surface area (Å²) in [5.41, 5.74) is 2.81. The van der Waals surface area contributed by atoms with Crippen molar-refractivity contribution in [2.75, 3.05) is 5.75 Å². The Labute approximate surface area is 151 Å². The van der Waals surface area contributed by atoms with Crippen LogP contribution in [0.25, 0.3) is 0 Å². The Kier molecular flexibility index (Phi) is 13.7. The van der Waals surface area contributed by atoms with Gasteiger partial charge in [-0.05, 0) is 81.3 Å². The van der Waals surface area contributed by atoms with Crippen LogP contribution >= 0.6 is 12.6 Å². The van der Waals surface area contributed by atoms with Gasteiger partial charge in [-0.25, -0.2) is 0 Å². The third-order valence-corrected chi connectivity index (χ3v) is 5.31. The van der Waals surface area contributed by atoms with Crippen LogP contribution in [-0.2, 0) is 0 Å². The van der Waals surface area contributed by atoms with Gasteiger partial charge in [0, 0.05) is 0 Å². The number of thiol groups is 1. The maximum atomic E-state index is 4.35. The van der Waals surface area contributed by atoms with Crippen molar-refractivity contribution in [3.63, 3.8) is 0 Å². The predicted molar refractivity (Wildman–Crippen MR) is 111 cm³/mol. The minimum Gasteiger partial charge on any atom is -0.179 e. The highest BCUT2D eigenvalue weighted by Crippen LogP contribution is 2.24. The summed E-state index contributed by atoms with van der Waals surface area (Å²) in [6, 6.07) is 0. The largest absolute Gasteiger partial charge is 0.179 e. The average Bonchev–Trinajstić information content (AvgIpc) is 2.52. The summed E-state index contributed by atoms with van der Waals surface area (Å²) in [7, 11) is 0. The van der Waals surface area contributed by atoms with E-state index in [4.69, 9.17) is 0 Å². The lowest BCUT2D eigenvalue weighted by Gasteiger charge is -2.15. The van der Waals surface area contributed by atoms with Crippen molar-refractivity contribution in [2.24, 2.45) is 17.8 Å². The van der Waals surface area contributed by atoms with Crippen LogP contribution in [0, 0.1) is 17.8 Å². The van der Waals surface area contributed by atoms with Gasteiger partial charge in [0.2, 0.25) is 0 Å². The summed E-state index contributed by atoms with van der Waals surface area (Å²) in [6.45, 7) is 19.3. The summed E-state index contributed by atoms with van der Waals surface area (Å²) in [4.78, 5) is 0. The van der Waals surface area contributed by atoms with Gasteiger partial charge in [0.1, 0.15) is 0 Å². The predicted octanol–water partition coefficient (Wildman–Crippen LogP) is 7.63. The first-order chi connectivity index (χ1) is 10.9. The Morgan fingerprint density at radius 3 is 1.87 bits per heavy atom. The summed E-state index contributed by atoms with van der Waals surface area (Å²) < 4.78 is 0. The zero-order valence-corrected chi connectivity index (χ0v) is 16.8. The van der Waals surface area contributed by atoms with Gasteiger partial charge in [-0.1, -0.05) is 51.2 Å². The van der Waals surface area contributed by atoms with E-state index in [1.54, 1.807) is 0 Å². The Morgan fingerprint density at radius 2 is 1.39 bits per heavy atom. The Hall–Kier alpha value is -0.430. The Bertz CT molecular complexity index is 340. The molecule has 0 aromatic carbocycles. The van der Waals surface area contributed by atoms with Crippen molar-refractivity contribution in [1.29, 1.82) is 0 Å². The fourth-order valence-corrected chi connectivity index (χ4v) is 2.88. The molecule has 0 aromatic rings. The molecule has 0 aliphatic carbocycles. The Morgan fingerprint density at radius 1 is 0.870 bits per heavy atom. The molecule has 0 aliphatic rings. The van der Waals surface area contributed by atoms with E-state index in [1.807, 2.05) is 0 Å². The molecule has 2 unspecified atom stereocenters. The molecule has 0 spiro atoms. The molecule has 0 nitrogen and oxygen atoms in total. The van der Waals surface area contributed by atoms with Gasteiger partial charge in [0.25, 0.3) is 0 Å². The molecule has 0 amide bonds. The maximum Gasteiger partial charge on any atom is -0.00721 e. The van der Waals surface area contributed by atoms with Crippen LogP contribution in [0.1, 0.15) is 78.6 Å². The molecule has 0 bridgehead atoms. The smallest absolute Gasteiger partial charge is 0.00721 e. The van der Waals surface area contributed by atoms with Gasteiger partial charge >= 0.3 is 0 Å². The molecule has 0 rings (SSSR count). The van der Waals surface area contributed by atoms with Gasteiger partial charge in [-0.2, -0.15) is 12.6 Å². The molecule has 0 aromatic heterocycles. The zero-order valence-electron chi connectivity index (χ0n) is 15.9. The van der Waals surface area contributed by atoms with Crippen LogP contribution in [0.15, 0.2) is 37.0 Å². The van der Waals surface area contributed by atoms with E-state index in [9.17, 15) is 0 Å². The third-order valence-electron chi connectivity index (χ3n) is 4.68. The molecule has 23 heavy (non-hydrogen) atoms. The third kappa shape index (κ3) is 13.7. The fraction of sp³-hybridized carbons (Fsp3) is 0.727. The number of hydrogen-bond donors (Lipinski definition) is 1. The summed E-state index contributed by atoms with van der Waals surface area (Å²) in [6.07, 6.45) is 13.0. The molecule has 134 valence electrons. The summed E-state index contributed by atoms with van der Waals surface area (Å²) >= 11 is 4.35. The number of allylic oxidation sites excluding steroid dienone is 3. The van der Waals surface area contributed by atoms with Crippen molar-refractivity contribution >= 4 is 12.6 Å². The molecule has 0 fully saturated rings. The quantitative estimate of drug-likeness (QED) is 0.230. The minimum atomic E-state index is 0.610. The first kappa shape index (κ1) is 22.6. The zero-order chi connectivity index (χ0) is 17.7. The van der Waals surface area contributed by atoms with Crippen molar-refractivity contribution in [3.05, 3.63) is 37.0 Å². The van der Waals surface area contributed by atoms with Crippen LogP contribution < -0.4 is 0 Å². The number of hydrogen-bond acceptors (Lipinski definition) is 1. The molecule has 0 saturated heterocycles. The molecule has 0 saturated carbocycles. The molecule has 0 aliphatic heterocycles. The highest BCUT2D eigenvalue weighted by Gasteiger charge is 2.08. The van der Waals surface area contributed by atoms with Crippen LogP contribution in [0.2, 0.25) is 0 Å². The Balaban J connectivity index is 3.85. The molecule has 0 heterocycles. The van der Waals surface area contributed by atoms with Gasteiger partial charge < -0.3 is 0 Å². The van der Waals surface area contributed by atoms with E-state index in [-0.39, 0.29) is 0 Å². The first-order valence-corrected chi connectivity index (χ1v) is 10.1. The van der Waals surface area contributed by atoms with Crippen LogP contribution in [0.4, 0.5) is 0 Å². The lowest BCUT2D eigenvalue weighted by atomic mass is 9.91. The van der Waals surface area contributed by atoms with Gasteiger partial charge in [0.05, 0.1) is 0 Å². The van der Waals surface area contributed by atoms with Crippen molar-refractivity contribution in [3.8, 4) is 0 Å². The maximum absolute atomic E-state index is 4.35. The monoisotopic (exact) mass is 336 g/mol. The molecule has 1 heteroatoms. The minimum absolute atomic E-state index is 0.610. The van der Waals surface area contributed by atoms with E-state index in [0.717, 1.165) is 30.4 Å². The fourth-order valence-electron chi connectivity index (χ4n) is 2.69. The van der Waals surface area contributed by atoms with Gasteiger partial charge in [-0.15, -0.1) is 6.58 Å². The molecule has 2 atom stereocenters. The van der Waals surface area contributed by atoms with E-state index >= 15 is 0 Å². The highest BCUT2D eigenvalue weighted by molar-refractivity contribution is 7.80. The van der Waals surface area contributed by atoms with Crippen molar-refractivity contribution < 1.29 is 0 Å². The molecular formula is C22H40S. The van der Waals surface area contributed by atoms with Crippen LogP contribution in [-0.4, -0.2) is 5.75 Å². The van der Waals surface area contributed by atoms with Crippen molar-refractivity contribution in [2.45, 2.75) is 78.6 Å². The normalized spacial score (nSPS) is 13.8. The number of rotatable bonds is 15. The van der Waals surface area contributed by atoms with Gasteiger partial charge in [-0.3, -0.25) is 0 Å². The van der Waals surface area contributed by atoms with E-state index in [0.29, 0.717) is 5.92 Å². The second-order valence-corrected chi connectivity index (χ2v) is 8.05. The lowest BCUT2D eigenvalue weighted by Crippen LogP contribution is -2.00. The first-order valence-electron chi connectivity index (χ1n) is 9.45. The van der Waals surface area contributed by atoms with Crippen LogP contribution in [0.3, 0.4) is 0 Å². The second-order valence-electron chi connectivity index (χ2n) is 7.69. The molecule has 0 N–H and O–H groups in total. The topological polar surface area (TPSA) is 0 Å². The van der Waals surface area contributed by atoms with Crippen molar-refractivity contribution in [1.82, 2.24) is 0 Å². The molecule has 0 radical (unpaired) electrons.